The van der Waals surface area contributed by atoms with Gasteiger partial charge in [0, 0.05) is 28.0 Å². The van der Waals surface area contributed by atoms with Crippen LogP contribution in [0.2, 0.25) is 5.02 Å². The molecule has 0 heterocycles. The lowest BCUT2D eigenvalue weighted by Crippen LogP contribution is -2.56. The molecule has 0 aliphatic rings. The van der Waals surface area contributed by atoms with Gasteiger partial charge in [0.1, 0.15) is 12.6 Å². The van der Waals surface area contributed by atoms with Crippen LogP contribution in [0.25, 0.3) is 0 Å². The van der Waals surface area contributed by atoms with E-state index >= 15 is 0 Å². The van der Waals surface area contributed by atoms with Gasteiger partial charge in [-0.1, -0.05) is 70.0 Å². The fourth-order valence-electron chi connectivity index (χ4n) is 4.33. The first-order valence-corrected chi connectivity index (χ1v) is 15.8. The second-order valence-electron chi connectivity index (χ2n) is 10.8. The highest BCUT2D eigenvalue weighted by molar-refractivity contribution is 9.10. The second kappa shape index (κ2) is 13.2. The lowest BCUT2D eigenvalue weighted by atomic mass is 10.0. The number of carbonyl (C=O) groups excluding carboxylic acids is 2. The van der Waals surface area contributed by atoms with E-state index in [2.05, 4.69) is 21.2 Å². The normalized spacial score (nSPS) is 12.5. The fraction of sp³-hybridized carbons (Fsp3) is 0.333. The topological polar surface area (TPSA) is 86.8 Å². The van der Waals surface area contributed by atoms with Crippen molar-refractivity contribution in [1.29, 1.82) is 0 Å². The lowest BCUT2D eigenvalue weighted by molar-refractivity contribution is -0.140. The molecular formula is C30H35BrClN3O4S. The van der Waals surface area contributed by atoms with Gasteiger partial charge in [0.2, 0.25) is 21.8 Å². The molecule has 7 nitrogen and oxygen atoms in total. The molecule has 0 spiro atoms. The van der Waals surface area contributed by atoms with E-state index in [0.717, 1.165) is 26.2 Å². The molecule has 0 aromatic heterocycles. The zero-order valence-electron chi connectivity index (χ0n) is 23.3. The predicted molar refractivity (Wildman–Crippen MR) is 165 cm³/mol. The third-order valence-electron chi connectivity index (χ3n) is 6.12. The highest BCUT2D eigenvalue weighted by atomic mass is 79.9. The van der Waals surface area contributed by atoms with Crippen LogP contribution in [0.1, 0.15) is 37.5 Å². The molecule has 0 unspecified atom stereocenters. The van der Waals surface area contributed by atoms with E-state index in [-0.39, 0.29) is 18.9 Å². The smallest absolute Gasteiger partial charge is 0.244 e. The van der Waals surface area contributed by atoms with Crippen molar-refractivity contribution < 1.29 is 18.0 Å². The van der Waals surface area contributed by atoms with Gasteiger partial charge in [-0.3, -0.25) is 13.9 Å². The molecule has 3 rings (SSSR count). The number of rotatable bonds is 10. The third kappa shape index (κ3) is 9.08. The standard InChI is InChI=1S/C30H35BrClN3O4S/c1-21-16-25(32)14-15-26(21)35(40(5,38)39)20-28(36)34(19-23-12-9-13-24(31)17-23)27(29(37)33-30(2,3)4)18-22-10-7-6-8-11-22/h6-17,27H,18-20H2,1-5H3,(H,33,37)/t27-/m1/s1. The summed E-state index contributed by atoms with van der Waals surface area (Å²) in [5.74, 6) is -0.835. The molecule has 0 bridgehead atoms. The first-order valence-electron chi connectivity index (χ1n) is 12.8. The van der Waals surface area contributed by atoms with Crippen LogP contribution in [0, 0.1) is 6.92 Å². The number of sulfonamides is 1. The Morgan fingerprint density at radius 1 is 0.975 bits per heavy atom. The number of anilines is 1. The average molecular weight is 649 g/mol. The Morgan fingerprint density at radius 2 is 1.62 bits per heavy atom. The zero-order valence-corrected chi connectivity index (χ0v) is 26.5. The first kappa shape index (κ1) is 31.6. The minimum absolute atomic E-state index is 0.102. The second-order valence-corrected chi connectivity index (χ2v) is 14.1. The minimum Gasteiger partial charge on any atom is -0.350 e. The summed E-state index contributed by atoms with van der Waals surface area (Å²) in [6.07, 6.45) is 1.31. The molecule has 10 heteroatoms. The van der Waals surface area contributed by atoms with Crippen molar-refractivity contribution in [2.45, 2.75) is 52.2 Å². The van der Waals surface area contributed by atoms with Crippen LogP contribution in [0.5, 0.6) is 0 Å². The number of nitrogens with zero attached hydrogens (tertiary/aromatic N) is 2. The molecule has 2 amide bonds. The largest absolute Gasteiger partial charge is 0.350 e. The van der Waals surface area contributed by atoms with Crippen molar-refractivity contribution in [3.05, 3.63) is 99.0 Å². The fourth-order valence-corrected chi connectivity index (χ4v) is 5.91. The Hall–Kier alpha value is -2.88. The number of halogens is 2. The van der Waals surface area contributed by atoms with Gasteiger partial charge in [0.05, 0.1) is 11.9 Å². The van der Waals surface area contributed by atoms with Crippen molar-refractivity contribution >= 4 is 55.1 Å². The Bertz CT molecular complexity index is 1460. The van der Waals surface area contributed by atoms with E-state index in [1.807, 2.05) is 75.4 Å². The summed E-state index contributed by atoms with van der Waals surface area (Å²) in [6, 6.07) is 20.8. The van der Waals surface area contributed by atoms with Gasteiger partial charge in [-0.25, -0.2) is 8.42 Å². The number of amides is 2. The van der Waals surface area contributed by atoms with Crippen molar-refractivity contribution in [2.75, 3.05) is 17.1 Å². The molecule has 0 aliphatic carbocycles. The molecule has 0 saturated heterocycles. The maximum absolute atomic E-state index is 14.1. The van der Waals surface area contributed by atoms with Gasteiger partial charge < -0.3 is 10.2 Å². The van der Waals surface area contributed by atoms with Crippen LogP contribution in [0.15, 0.2) is 77.3 Å². The summed E-state index contributed by atoms with van der Waals surface area (Å²) < 4.78 is 27.8. The molecule has 1 N–H and O–H groups in total. The molecule has 3 aromatic carbocycles. The molecule has 3 aromatic rings. The third-order valence-corrected chi connectivity index (χ3v) is 7.97. The molecule has 0 saturated carbocycles. The van der Waals surface area contributed by atoms with Crippen LogP contribution in [0.4, 0.5) is 5.69 Å². The van der Waals surface area contributed by atoms with E-state index in [1.54, 1.807) is 25.1 Å². The van der Waals surface area contributed by atoms with Crippen LogP contribution in [-0.2, 0) is 32.6 Å². The first-order chi connectivity index (χ1) is 18.6. The summed E-state index contributed by atoms with van der Waals surface area (Å²) >= 11 is 9.59. The number of aryl methyl sites for hydroxylation is 1. The van der Waals surface area contributed by atoms with E-state index in [9.17, 15) is 18.0 Å². The van der Waals surface area contributed by atoms with Gasteiger partial charge in [-0.05, 0) is 74.7 Å². The minimum atomic E-state index is -3.86. The van der Waals surface area contributed by atoms with E-state index in [4.69, 9.17) is 11.6 Å². The Morgan fingerprint density at radius 3 is 2.20 bits per heavy atom. The highest BCUT2D eigenvalue weighted by Crippen LogP contribution is 2.26. The maximum Gasteiger partial charge on any atom is 0.244 e. The lowest BCUT2D eigenvalue weighted by Gasteiger charge is -2.35. The molecule has 40 heavy (non-hydrogen) atoms. The van der Waals surface area contributed by atoms with Gasteiger partial charge in [-0.15, -0.1) is 0 Å². The summed E-state index contributed by atoms with van der Waals surface area (Å²) in [7, 11) is -3.86. The molecular weight excluding hydrogens is 614 g/mol. The molecule has 214 valence electrons. The molecule has 0 radical (unpaired) electrons. The van der Waals surface area contributed by atoms with Gasteiger partial charge in [0.15, 0.2) is 0 Å². The summed E-state index contributed by atoms with van der Waals surface area (Å²) in [5.41, 5.74) is 2.07. The van der Waals surface area contributed by atoms with Crippen LogP contribution in [0.3, 0.4) is 0 Å². The Kier molecular flexibility index (Phi) is 10.4. The van der Waals surface area contributed by atoms with E-state index in [0.29, 0.717) is 16.3 Å². The number of hydrogen-bond acceptors (Lipinski definition) is 4. The molecule has 1 atom stereocenters. The maximum atomic E-state index is 14.1. The predicted octanol–water partition coefficient (Wildman–Crippen LogP) is 5.73. The van der Waals surface area contributed by atoms with E-state index < -0.39 is 34.1 Å². The van der Waals surface area contributed by atoms with Crippen LogP contribution in [-0.4, -0.2) is 49.5 Å². The quantitative estimate of drug-likeness (QED) is 0.304. The molecule has 0 fully saturated rings. The van der Waals surface area contributed by atoms with E-state index in [1.165, 1.54) is 4.90 Å². The van der Waals surface area contributed by atoms with Crippen molar-refractivity contribution in [2.24, 2.45) is 0 Å². The van der Waals surface area contributed by atoms with Crippen LogP contribution < -0.4 is 9.62 Å². The zero-order chi connectivity index (χ0) is 29.7. The number of benzene rings is 3. The van der Waals surface area contributed by atoms with Gasteiger partial charge in [-0.2, -0.15) is 0 Å². The van der Waals surface area contributed by atoms with Gasteiger partial charge in [0.25, 0.3) is 0 Å². The summed E-state index contributed by atoms with van der Waals surface area (Å²) in [6.45, 7) is 6.98. The number of hydrogen-bond donors (Lipinski definition) is 1. The van der Waals surface area contributed by atoms with Gasteiger partial charge >= 0.3 is 0 Å². The SMILES string of the molecule is Cc1cc(Cl)ccc1N(CC(=O)N(Cc1cccc(Br)c1)[C@H](Cc1ccccc1)C(=O)NC(C)(C)C)S(C)(=O)=O. The number of nitrogens with one attached hydrogen (secondary N) is 1. The molecule has 0 aliphatic heterocycles. The van der Waals surface area contributed by atoms with Crippen molar-refractivity contribution in [3.63, 3.8) is 0 Å². The Balaban J connectivity index is 2.09. The van der Waals surface area contributed by atoms with Crippen LogP contribution >= 0.6 is 27.5 Å². The van der Waals surface area contributed by atoms with Crippen molar-refractivity contribution in [3.8, 4) is 0 Å². The highest BCUT2D eigenvalue weighted by Gasteiger charge is 2.34. The summed E-state index contributed by atoms with van der Waals surface area (Å²) in [5, 5.41) is 3.47. The van der Waals surface area contributed by atoms with Crippen molar-refractivity contribution in [1.82, 2.24) is 10.2 Å². The average Bonchev–Trinajstić information content (AvgIpc) is 2.84. The summed E-state index contributed by atoms with van der Waals surface area (Å²) in [4.78, 5) is 29.4. The number of carbonyl (C=O) groups is 2. The monoisotopic (exact) mass is 647 g/mol. The Labute approximate surface area is 250 Å².